The summed E-state index contributed by atoms with van der Waals surface area (Å²) in [6.45, 7) is 12.5. The van der Waals surface area contributed by atoms with Crippen LogP contribution in [0.15, 0.2) is 28.7 Å². The van der Waals surface area contributed by atoms with E-state index in [2.05, 4.69) is 29.8 Å². The minimum absolute atomic E-state index is 0.00752. The Hall–Kier alpha value is -2.56. The summed E-state index contributed by atoms with van der Waals surface area (Å²) >= 11 is 3.49. The van der Waals surface area contributed by atoms with Gasteiger partial charge in [-0.25, -0.2) is 0 Å². The van der Waals surface area contributed by atoms with Crippen LogP contribution in [0.25, 0.3) is 0 Å². The molecule has 2 amide bonds. The van der Waals surface area contributed by atoms with Gasteiger partial charge < -0.3 is 28.6 Å². The van der Waals surface area contributed by atoms with Crippen LogP contribution < -0.4 is 24.7 Å². The van der Waals surface area contributed by atoms with Gasteiger partial charge in [-0.2, -0.15) is 0 Å². The summed E-state index contributed by atoms with van der Waals surface area (Å²) in [5.41, 5.74) is 4.15. The summed E-state index contributed by atoms with van der Waals surface area (Å²) in [4.78, 5) is 26.5. The molecule has 1 fully saturated rings. The Labute approximate surface area is 233 Å². The molecule has 10 heteroatoms. The smallest absolute Gasteiger partial charge is 0.482 e. The Balaban J connectivity index is 0.000000194. The Bertz CT molecular complexity index is 1250. The lowest BCUT2D eigenvalue weighted by molar-refractivity contribution is -0.121. The van der Waals surface area contributed by atoms with Gasteiger partial charge in [0, 0.05) is 18.6 Å². The largest absolute Gasteiger partial charge is 0.495 e. The van der Waals surface area contributed by atoms with E-state index >= 15 is 0 Å². The van der Waals surface area contributed by atoms with Gasteiger partial charge in [-0.15, -0.1) is 0 Å². The Morgan fingerprint density at radius 2 is 1.24 bits per heavy atom. The number of amides is 2. The first kappa shape index (κ1) is 28.5. The summed E-state index contributed by atoms with van der Waals surface area (Å²) in [6.07, 6.45) is 1.75. The standard InChI is InChI=1S/C17H24BNO4.C11H12BrNO2/c1-7-11-8-13-14(21-10-15(20)19(13)6)9-12(11)18-22-16(2,3)17(4,5)23-18;1-3-7-4-9-10(5-8(7)12)15-6-11(14)13(9)2/h8-9H,7,10H2,1-6H3;4-5H,3,6H2,1-2H3. The first-order valence-electron chi connectivity index (χ1n) is 12.9. The van der Waals surface area contributed by atoms with E-state index in [1.165, 1.54) is 5.56 Å². The molecule has 1 saturated heterocycles. The zero-order valence-corrected chi connectivity index (χ0v) is 25.0. The van der Waals surface area contributed by atoms with Crippen LogP contribution >= 0.6 is 15.9 Å². The molecule has 0 spiro atoms. The maximum absolute atomic E-state index is 11.8. The molecule has 5 rings (SSSR count). The Kier molecular flexibility index (Phi) is 7.90. The highest BCUT2D eigenvalue weighted by atomic mass is 79.9. The number of ether oxygens (including phenoxy) is 2. The summed E-state index contributed by atoms with van der Waals surface area (Å²) in [5, 5.41) is 0. The van der Waals surface area contributed by atoms with Gasteiger partial charge in [0.15, 0.2) is 13.2 Å². The lowest BCUT2D eigenvalue weighted by Gasteiger charge is -2.32. The third-order valence-electron chi connectivity index (χ3n) is 7.79. The van der Waals surface area contributed by atoms with Gasteiger partial charge in [-0.3, -0.25) is 9.59 Å². The topological polar surface area (TPSA) is 77.5 Å². The summed E-state index contributed by atoms with van der Waals surface area (Å²) in [5.74, 6) is 1.42. The SMILES string of the molecule is CCc1cc2c(cc1B1OC(C)(C)C(C)(C)O1)OCC(=O)N2C.CCc1cc2c(cc1Br)OCC(=O)N2C. The molecule has 2 aromatic rings. The molecule has 3 heterocycles. The molecule has 0 unspecified atom stereocenters. The number of nitrogens with zero attached hydrogens (tertiary/aromatic N) is 2. The second-order valence-corrected chi connectivity index (χ2v) is 11.6. The van der Waals surface area contributed by atoms with Crippen molar-refractivity contribution >= 4 is 51.7 Å². The average molecular weight is 587 g/mol. The van der Waals surface area contributed by atoms with Crippen molar-refractivity contribution in [2.75, 3.05) is 37.1 Å². The molecular formula is C28H36BBrN2O6. The van der Waals surface area contributed by atoms with Crippen molar-refractivity contribution in [1.29, 1.82) is 0 Å². The van der Waals surface area contributed by atoms with Crippen LogP contribution in [0.2, 0.25) is 0 Å². The molecular weight excluding hydrogens is 551 g/mol. The average Bonchev–Trinajstić information content (AvgIpc) is 3.09. The van der Waals surface area contributed by atoms with E-state index in [0.29, 0.717) is 5.75 Å². The van der Waals surface area contributed by atoms with Gasteiger partial charge in [-0.05, 0) is 81.4 Å². The molecule has 204 valence electrons. The van der Waals surface area contributed by atoms with Crippen LogP contribution in [0, 0.1) is 0 Å². The zero-order chi connectivity index (χ0) is 28.0. The highest BCUT2D eigenvalue weighted by Crippen LogP contribution is 2.39. The molecule has 3 aliphatic rings. The molecule has 38 heavy (non-hydrogen) atoms. The van der Waals surface area contributed by atoms with E-state index in [1.807, 2.05) is 52.0 Å². The van der Waals surface area contributed by atoms with Crippen molar-refractivity contribution in [3.05, 3.63) is 39.9 Å². The van der Waals surface area contributed by atoms with Gasteiger partial charge in [0.25, 0.3) is 11.8 Å². The lowest BCUT2D eigenvalue weighted by atomic mass is 9.75. The number of carbonyl (C=O) groups is 2. The van der Waals surface area contributed by atoms with Crippen LogP contribution in [0.1, 0.15) is 52.7 Å². The van der Waals surface area contributed by atoms with Gasteiger partial charge in [0.05, 0.1) is 22.6 Å². The van der Waals surface area contributed by atoms with Crippen molar-refractivity contribution < 1.29 is 28.4 Å². The van der Waals surface area contributed by atoms with Crippen LogP contribution in [0.3, 0.4) is 0 Å². The molecule has 2 aromatic carbocycles. The van der Waals surface area contributed by atoms with Crippen LogP contribution in [0.5, 0.6) is 11.5 Å². The van der Waals surface area contributed by atoms with Crippen molar-refractivity contribution in [2.24, 2.45) is 0 Å². The Morgan fingerprint density at radius 1 is 0.789 bits per heavy atom. The molecule has 3 aliphatic heterocycles. The third kappa shape index (κ3) is 5.18. The number of aryl methyl sites for hydroxylation is 2. The second kappa shape index (κ2) is 10.5. The number of benzene rings is 2. The molecule has 0 aliphatic carbocycles. The number of likely N-dealkylation sites (N-methyl/N-ethyl adjacent to an activating group) is 2. The van der Waals surface area contributed by atoms with Crippen molar-refractivity contribution in [3.63, 3.8) is 0 Å². The number of anilines is 2. The Morgan fingerprint density at radius 3 is 1.71 bits per heavy atom. The fourth-order valence-electron chi connectivity index (χ4n) is 4.48. The normalized spacial score (nSPS) is 19.2. The van der Waals surface area contributed by atoms with Crippen molar-refractivity contribution in [1.82, 2.24) is 0 Å². The fraction of sp³-hybridized carbons (Fsp3) is 0.500. The van der Waals surface area contributed by atoms with E-state index in [0.717, 1.165) is 45.5 Å². The van der Waals surface area contributed by atoms with Gasteiger partial charge in [0.2, 0.25) is 0 Å². The predicted octanol–water partition coefficient (Wildman–Crippen LogP) is 4.27. The molecule has 0 saturated carbocycles. The monoisotopic (exact) mass is 586 g/mol. The minimum atomic E-state index is -0.424. The van der Waals surface area contributed by atoms with E-state index in [1.54, 1.807) is 23.9 Å². The molecule has 0 N–H and O–H groups in total. The molecule has 8 nitrogen and oxygen atoms in total. The summed E-state index contributed by atoms with van der Waals surface area (Å²) in [7, 11) is 3.13. The van der Waals surface area contributed by atoms with Gasteiger partial charge in [0.1, 0.15) is 11.5 Å². The highest BCUT2D eigenvalue weighted by Gasteiger charge is 2.52. The number of hydrogen-bond donors (Lipinski definition) is 0. The van der Waals surface area contributed by atoms with Crippen LogP contribution in [0.4, 0.5) is 11.4 Å². The third-order valence-corrected chi connectivity index (χ3v) is 8.53. The molecule has 0 radical (unpaired) electrons. The summed E-state index contributed by atoms with van der Waals surface area (Å²) in [6, 6.07) is 7.89. The number of rotatable bonds is 3. The predicted molar refractivity (Wildman–Crippen MR) is 153 cm³/mol. The second-order valence-electron chi connectivity index (χ2n) is 10.7. The lowest BCUT2D eigenvalue weighted by Crippen LogP contribution is -2.41. The first-order valence-corrected chi connectivity index (χ1v) is 13.7. The maximum atomic E-state index is 11.8. The van der Waals surface area contributed by atoms with Crippen LogP contribution in [-0.2, 0) is 31.7 Å². The number of fused-ring (bicyclic) bond motifs is 2. The van der Waals surface area contributed by atoms with Crippen molar-refractivity contribution in [3.8, 4) is 11.5 Å². The minimum Gasteiger partial charge on any atom is -0.482 e. The number of halogens is 1. The zero-order valence-electron chi connectivity index (χ0n) is 23.4. The highest BCUT2D eigenvalue weighted by molar-refractivity contribution is 9.10. The molecule has 0 bridgehead atoms. The maximum Gasteiger partial charge on any atom is 0.495 e. The molecule has 0 aromatic heterocycles. The number of hydrogen-bond acceptors (Lipinski definition) is 6. The summed E-state index contributed by atoms with van der Waals surface area (Å²) < 4.78 is 24.4. The quantitative estimate of drug-likeness (QED) is 0.500. The van der Waals surface area contributed by atoms with E-state index in [-0.39, 0.29) is 36.2 Å². The fourth-order valence-corrected chi connectivity index (χ4v) is 5.08. The first-order chi connectivity index (χ1) is 17.8. The van der Waals surface area contributed by atoms with E-state index in [9.17, 15) is 9.59 Å². The van der Waals surface area contributed by atoms with E-state index < -0.39 is 7.12 Å². The van der Waals surface area contributed by atoms with Crippen LogP contribution in [-0.4, -0.2) is 57.4 Å². The van der Waals surface area contributed by atoms with E-state index in [4.69, 9.17) is 18.8 Å². The van der Waals surface area contributed by atoms with Gasteiger partial charge >= 0.3 is 7.12 Å². The van der Waals surface area contributed by atoms with Crippen molar-refractivity contribution in [2.45, 2.75) is 65.6 Å². The van der Waals surface area contributed by atoms with Gasteiger partial charge in [-0.1, -0.05) is 29.8 Å². The number of carbonyl (C=O) groups excluding carboxylic acids is 2. The molecule has 0 atom stereocenters.